The molecule has 13 heavy (non-hydrogen) atoms. The van der Waals surface area contributed by atoms with Crippen LogP contribution in [0.15, 0.2) is 12.7 Å². The maximum Gasteiger partial charge on any atom is -0.0205 e. The summed E-state index contributed by atoms with van der Waals surface area (Å²) in [6, 6.07) is 0. The van der Waals surface area contributed by atoms with E-state index >= 15 is 0 Å². The Hall–Kier alpha value is -0.260. The summed E-state index contributed by atoms with van der Waals surface area (Å²) >= 11 is 0. The topological polar surface area (TPSA) is 0 Å². The van der Waals surface area contributed by atoms with Gasteiger partial charge in [0.25, 0.3) is 0 Å². The summed E-state index contributed by atoms with van der Waals surface area (Å²) in [4.78, 5) is 0. The summed E-state index contributed by atoms with van der Waals surface area (Å²) in [6.45, 7) is 11.0. The molecular formula is C13H24. The zero-order valence-electron chi connectivity index (χ0n) is 9.42. The fourth-order valence-electron chi connectivity index (χ4n) is 2.75. The van der Waals surface area contributed by atoms with Gasteiger partial charge >= 0.3 is 0 Å². The van der Waals surface area contributed by atoms with E-state index < -0.39 is 0 Å². The number of hydrogen-bond acceptors (Lipinski definition) is 0. The standard InChI is InChI=1S/C13H24/c1-5-11-7-8-12(6-2)13(9-11)10(3)4/h6,10-13H,2,5,7-9H2,1,3-4H3. The Morgan fingerprint density at radius 3 is 2.54 bits per heavy atom. The van der Waals surface area contributed by atoms with Gasteiger partial charge in [-0.3, -0.25) is 0 Å². The van der Waals surface area contributed by atoms with Crippen molar-refractivity contribution in [2.75, 3.05) is 0 Å². The van der Waals surface area contributed by atoms with Crippen molar-refractivity contribution < 1.29 is 0 Å². The first-order chi connectivity index (χ1) is 6.19. The molecule has 3 atom stereocenters. The minimum absolute atomic E-state index is 0.794. The van der Waals surface area contributed by atoms with Crippen LogP contribution in [0.4, 0.5) is 0 Å². The van der Waals surface area contributed by atoms with E-state index in [-0.39, 0.29) is 0 Å². The van der Waals surface area contributed by atoms with Gasteiger partial charge < -0.3 is 0 Å². The first-order valence-corrected chi connectivity index (χ1v) is 5.81. The van der Waals surface area contributed by atoms with Crippen molar-refractivity contribution in [2.24, 2.45) is 23.7 Å². The molecule has 1 aliphatic rings. The smallest absolute Gasteiger partial charge is 0.0205 e. The van der Waals surface area contributed by atoms with Crippen molar-refractivity contribution in [1.29, 1.82) is 0 Å². The summed E-state index contributed by atoms with van der Waals surface area (Å²) < 4.78 is 0. The lowest BCUT2D eigenvalue weighted by Gasteiger charge is -2.36. The van der Waals surface area contributed by atoms with Crippen LogP contribution in [0, 0.1) is 23.7 Å². The molecule has 0 heterocycles. The molecule has 0 aromatic carbocycles. The molecule has 0 saturated heterocycles. The molecule has 76 valence electrons. The Morgan fingerprint density at radius 1 is 1.38 bits per heavy atom. The van der Waals surface area contributed by atoms with E-state index in [1.165, 1.54) is 25.7 Å². The third-order valence-electron chi connectivity index (χ3n) is 3.80. The van der Waals surface area contributed by atoms with Crippen molar-refractivity contribution in [1.82, 2.24) is 0 Å². The first-order valence-electron chi connectivity index (χ1n) is 5.81. The fraction of sp³-hybridized carbons (Fsp3) is 0.846. The molecular weight excluding hydrogens is 156 g/mol. The zero-order chi connectivity index (χ0) is 9.84. The van der Waals surface area contributed by atoms with Gasteiger partial charge in [-0.2, -0.15) is 0 Å². The Labute approximate surface area is 83.4 Å². The highest BCUT2D eigenvalue weighted by Crippen LogP contribution is 2.39. The monoisotopic (exact) mass is 180 g/mol. The largest absolute Gasteiger partial charge is 0.103 e. The SMILES string of the molecule is C=CC1CCC(CC)CC1C(C)C. The van der Waals surface area contributed by atoms with Gasteiger partial charge in [-0.1, -0.05) is 33.3 Å². The number of allylic oxidation sites excluding steroid dienone is 1. The molecule has 0 aliphatic heterocycles. The van der Waals surface area contributed by atoms with Gasteiger partial charge in [0.1, 0.15) is 0 Å². The zero-order valence-corrected chi connectivity index (χ0v) is 9.42. The molecule has 0 amide bonds. The molecule has 0 aromatic heterocycles. The van der Waals surface area contributed by atoms with E-state index in [2.05, 4.69) is 33.4 Å². The van der Waals surface area contributed by atoms with E-state index in [9.17, 15) is 0 Å². The van der Waals surface area contributed by atoms with Gasteiger partial charge in [-0.15, -0.1) is 6.58 Å². The van der Waals surface area contributed by atoms with E-state index in [1.807, 2.05) is 0 Å². The molecule has 0 nitrogen and oxygen atoms in total. The van der Waals surface area contributed by atoms with Crippen molar-refractivity contribution in [3.63, 3.8) is 0 Å². The highest BCUT2D eigenvalue weighted by atomic mass is 14.3. The van der Waals surface area contributed by atoms with Gasteiger partial charge in [0.2, 0.25) is 0 Å². The Morgan fingerprint density at radius 2 is 2.08 bits per heavy atom. The lowest BCUT2D eigenvalue weighted by Crippen LogP contribution is -2.27. The van der Waals surface area contributed by atoms with Crippen LogP contribution >= 0.6 is 0 Å². The van der Waals surface area contributed by atoms with Crippen molar-refractivity contribution in [3.8, 4) is 0 Å². The number of rotatable bonds is 3. The second kappa shape index (κ2) is 4.83. The second-order valence-corrected chi connectivity index (χ2v) is 4.89. The Kier molecular flexibility index (Phi) is 4.02. The maximum atomic E-state index is 3.97. The summed E-state index contributed by atoms with van der Waals surface area (Å²) in [7, 11) is 0. The molecule has 1 aliphatic carbocycles. The van der Waals surface area contributed by atoms with Gasteiger partial charge in [-0.25, -0.2) is 0 Å². The summed E-state index contributed by atoms with van der Waals surface area (Å²) in [5.74, 6) is 3.51. The van der Waals surface area contributed by atoms with E-state index in [0.29, 0.717) is 0 Å². The predicted molar refractivity (Wildman–Crippen MR) is 59.6 cm³/mol. The minimum Gasteiger partial charge on any atom is -0.103 e. The summed E-state index contributed by atoms with van der Waals surface area (Å²) in [5, 5.41) is 0. The van der Waals surface area contributed by atoms with Crippen LogP contribution in [-0.4, -0.2) is 0 Å². The van der Waals surface area contributed by atoms with Gasteiger partial charge in [-0.05, 0) is 42.9 Å². The maximum absolute atomic E-state index is 3.97. The van der Waals surface area contributed by atoms with Gasteiger partial charge in [0, 0.05) is 0 Å². The van der Waals surface area contributed by atoms with Crippen molar-refractivity contribution in [3.05, 3.63) is 12.7 Å². The Bertz CT molecular complexity index is 157. The second-order valence-electron chi connectivity index (χ2n) is 4.89. The van der Waals surface area contributed by atoms with Crippen molar-refractivity contribution in [2.45, 2.75) is 46.5 Å². The third kappa shape index (κ3) is 2.59. The van der Waals surface area contributed by atoms with Crippen LogP contribution in [0.5, 0.6) is 0 Å². The summed E-state index contributed by atoms with van der Waals surface area (Å²) in [5.41, 5.74) is 0. The molecule has 0 bridgehead atoms. The molecule has 0 heteroatoms. The fourth-order valence-corrected chi connectivity index (χ4v) is 2.75. The van der Waals surface area contributed by atoms with Gasteiger partial charge in [0.05, 0.1) is 0 Å². The average molecular weight is 180 g/mol. The average Bonchev–Trinajstić information content (AvgIpc) is 2.16. The molecule has 0 spiro atoms. The van der Waals surface area contributed by atoms with Crippen LogP contribution < -0.4 is 0 Å². The van der Waals surface area contributed by atoms with Crippen LogP contribution in [0.25, 0.3) is 0 Å². The summed E-state index contributed by atoms with van der Waals surface area (Å²) in [6.07, 6.45) is 7.80. The van der Waals surface area contributed by atoms with Crippen LogP contribution in [-0.2, 0) is 0 Å². The Balaban J connectivity index is 2.57. The molecule has 1 fully saturated rings. The molecule has 3 unspecified atom stereocenters. The number of hydrogen-bond donors (Lipinski definition) is 0. The lowest BCUT2D eigenvalue weighted by atomic mass is 9.69. The lowest BCUT2D eigenvalue weighted by molar-refractivity contribution is 0.163. The van der Waals surface area contributed by atoms with Gasteiger partial charge in [0.15, 0.2) is 0 Å². The highest BCUT2D eigenvalue weighted by molar-refractivity contribution is 4.90. The minimum atomic E-state index is 0.794. The molecule has 0 radical (unpaired) electrons. The molecule has 0 N–H and O–H groups in total. The van der Waals surface area contributed by atoms with E-state index in [0.717, 1.165) is 23.7 Å². The molecule has 1 saturated carbocycles. The van der Waals surface area contributed by atoms with E-state index in [1.54, 1.807) is 0 Å². The highest BCUT2D eigenvalue weighted by Gasteiger charge is 2.29. The third-order valence-corrected chi connectivity index (χ3v) is 3.80. The predicted octanol–water partition coefficient (Wildman–Crippen LogP) is 4.27. The van der Waals surface area contributed by atoms with Crippen LogP contribution in [0.1, 0.15) is 46.5 Å². The first kappa shape index (κ1) is 10.8. The normalized spacial score (nSPS) is 34.9. The quantitative estimate of drug-likeness (QED) is 0.569. The van der Waals surface area contributed by atoms with E-state index in [4.69, 9.17) is 0 Å². The molecule has 0 aromatic rings. The van der Waals surface area contributed by atoms with Crippen molar-refractivity contribution >= 4 is 0 Å². The van der Waals surface area contributed by atoms with Crippen LogP contribution in [0.3, 0.4) is 0 Å². The van der Waals surface area contributed by atoms with Crippen LogP contribution in [0.2, 0.25) is 0 Å². The molecule has 1 rings (SSSR count).